The second-order valence-corrected chi connectivity index (χ2v) is 6.84. The van der Waals surface area contributed by atoms with Crippen molar-refractivity contribution in [3.63, 3.8) is 0 Å². The Morgan fingerprint density at radius 3 is 2.74 bits per heavy atom. The number of hydrogen-bond acceptors (Lipinski definition) is 7. The van der Waals surface area contributed by atoms with Crippen molar-refractivity contribution in [1.29, 1.82) is 0 Å². The molecule has 27 heavy (non-hydrogen) atoms. The average Bonchev–Trinajstić information content (AvgIpc) is 3.55. The van der Waals surface area contributed by atoms with Crippen LogP contribution in [0.5, 0.6) is 0 Å². The molecule has 0 aromatic carbocycles. The standard InChI is InChI=1S/C17H18N8O.H2S/c26-16(11-3-4-11)22-14-5-13(20-9-21-14)18-7-15-23-17-19-6-12(10-1-2-10)8-25(17)24-15;/h5-6,8-11H,1-4,7H2,(H2,18,20,21,22,26);1H2. The number of amides is 1. The molecule has 0 saturated heterocycles. The molecule has 2 fully saturated rings. The van der Waals surface area contributed by atoms with Gasteiger partial charge in [0.05, 0.1) is 6.54 Å². The van der Waals surface area contributed by atoms with Crippen LogP contribution >= 0.6 is 13.5 Å². The molecule has 140 valence electrons. The summed E-state index contributed by atoms with van der Waals surface area (Å²) in [5.74, 6) is 3.11. The van der Waals surface area contributed by atoms with E-state index in [0.29, 0.717) is 35.7 Å². The first-order valence-corrected chi connectivity index (χ1v) is 8.82. The molecule has 0 spiro atoms. The van der Waals surface area contributed by atoms with Gasteiger partial charge >= 0.3 is 0 Å². The number of anilines is 2. The topological polar surface area (TPSA) is 110 Å². The third-order valence-corrected chi connectivity index (χ3v) is 4.60. The summed E-state index contributed by atoms with van der Waals surface area (Å²) in [5.41, 5.74) is 1.22. The van der Waals surface area contributed by atoms with E-state index < -0.39 is 0 Å². The number of rotatable bonds is 6. The average molecular weight is 384 g/mol. The fourth-order valence-electron chi connectivity index (χ4n) is 2.81. The first-order valence-electron chi connectivity index (χ1n) is 8.82. The first-order chi connectivity index (χ1) is 12.7. The van der Waals surface area contributed by atoms with Gasteiger partial charge in [-0.25, -0.2) is 19.5 Å². The molecule has 5 rings (SSSR count). The van der Waals surface area contributed by atoms with Crippen LogP contribution in [0, 0.1) is 5.92 Å². The van der Waals surface area contributed by atoms with E-state index in [0.717, 1.165) is 12.8 Å². The largest absolute Gasteiger partial charge is 0.363 e. The monoisotopic (exact) mass is 384 g/mol. The van der Waals surface area contributed by atoms with E-state index in [-0.39, 0.29) is 25.3 Å². The van der Waals surface area contributed by atoms with E-state index in [9.17, 15) is 4.79 Å². The third-order valence-electron chi connectivity index (χ3n) is 4.60. The molecular formula is C17H20N8OS. The molecule has 0 aliphatic heterocycles. The Balaban J connectivity index is 0.00000180. The molecule has 0 unspecified atom stereocenters. The van der Waals surface area contributed by atoms with E-state index in [1.165, 1.54) is 24.7 Å². The minimum absolute atomic E-state index is 0. The lowest BCUT2D eigenvalue weighted by Crippen LogP contribution is -2.15. The van der Waals surface area contributed by atoms with Gasteiger partial charge in [0.15, 0.2) is 5.82 Å². The van der Waals surface area contributed by atoms with E-state index in [1.807, 2.05) is 12.4 Å². The van der Waals surface area contributed by atoms with Gasteiger partial charge in [0.25, 0.3) is 5.78 Å². The molecule has 2 aliphatic rings. The number of carbonyl (C=O) groups excluding carboxylic acids is 1. The molecule has 2 saturated carbocycles. The normalized spacial score (nSPS) is 16.0. The lowest BCUT2D eigenvalue weighted by molar-refractivity contribution is -0.117. The van der Waals surface area contributed by atoms with Crippen molar-refractivity contribution < 1.29 is 4.79 Å². The van der Waals surface area contributed by atoms with Crippen LogP contribution in [0.4, 0.5) is 11.6 Å². The number of nitrogens with one attached hydrogen (secondary N) is 2. The van der Waals surface area contributed by atoms with Crippen molar-refractivity contribution >= 4 is 36.8 Å². The second-order valence-electron chi connectivity index (χ2n) is 6.84. The SMILES string of the molecule is O=C(Nc1cc(NCc2nc3ncc(C4CC4)cn3n2)ncn1)C1CC1.S. The Morgan fingerprint density at radius 2 is 1.96 bits per heavy atom. The molecule has 2 N–H and O–H groups in total. The van der Waals surface area contributed by atoms with Crippen LogP contribution in [0.15, 0.2) is 24.8 Å². The summed E-state index contributed by atoms with van der Waals surface area (Å²) in [6.45, 7) is 0.412. The quantitative estimate of drug-likeness (QED) is 0.667. The zero-order valence-electron chi connectivity index (χ0n) is 14.6. The lowest BCUT2D eigenvalue weighted by atomic mass is 10.2. The maximum atomic E-state index is 11.8. The molecular weight excluding hydrogens is 364 g/mol. The van der Waals surface area contributed by atoms with Gasteiger partial charge < -0.3 is 10.6 Å². The van der Waals surface area contributed by atoms with Crippen LogP contribution in [0.1, 0.15) is 43.0 Å². The highest BCUT2D eigenvalue weighted by molar-refractivity contribution is 7.59. The Labute approximate surface area is 162 Å². The van der Waals surface area contributed by atoms with Gasteiger partial charge in [-0.2, -0.15) is 18.5 Å². The van der Waals surface area contributed by atoms with Gasteiger partial charge in [0, 0.05) is 24.4 Å². The Hall–Kier alpha value is -2.75. The highest BCUT2D eigenvalue weighted by Crippen LogP contribution is 2.39. The highest BCUT2D eigenvalue weighted by atomic mass is 32.1. The number of fused-ring (bicyclic) bond motifs is 1. The number of carbonyl (C=O) groups is 1. The first kappa shape index (κ1) is 17.7. The van der Waals surface area contributed by atoms with Crippen molar-refractivity contribution in [2.45, 2.75) is 38.1 Å². The molecule has 1 amide bonds. The van der Waals surface area contributed by atoms with Crippen LogP contribution in [0.3, 0.4) is 0 Å². The van der Waals surface area contributed by atoms with Gasteiger partial charge in [-0.3, -0.25) is 4.79 Å². The maximum Gasteiger partial charge on any atom is 0.252 e. The zero-order valence-corrected chi connectivity index (χ0v) is 15.6. The van der Waals surface area contributed by atoms with Gasteiger partial charge in [0.1, 0.15) is 18.0 Å². The minimum atomic E-state index is 0. The van der Waals surface area contributed by atoms with Crippen molar-refractivity contribution in [2.75, 3.05) is 10.6 Å². The fourth-order valence-corrected chi connectivity index (χ4v) is 2.81. The summed E-state index contributed by atoms with van der Waals surface area (Å²) in [6.07, 6.45) is 9.68. The molecule has 3 aromatic rings. The molecule has 10 heteroatoms. The summed E-state index contributed by atoms with van der Waals surface area (Å²) in [7, 11) is 0. The second kappa shape index (κ2) is 7.10. The van der Waals surface area contributed by atoms with Crippen LogP contribution in [-0.2, 0) is 11.3 Å². The minimum Gasteiger partial charge on any atom is -0.363 e. The van der Waals surface area contributed by atoms with Gasteiger partial charge in [-0.15, -0.1) is 5.10 Å². The van der Waals surface area contributed by atoms with Gasteiger partial charge in [-0.05, 0) is 37.2 Å². The molecule has 3 heterocycles. The Morgan fingerprint density at radius 1 is 1.15 bits per heavy atom. The predicted molar refractivity (Wildman–Crippen MR) is 104 cm³/mol. The van der Waals surface area contributed by atoms with Crippen LogP contribution in [-0.4, -0.2) is 35.5 Å². The number of hydrogen-bond donors (Lipinski definition) is 2. The molecule has 2 aliphatic carbocycles. The third kappa shape index (κ3) is 4.00. The summed E-state index contributed by atoms with van der Waals surface area (Å²) in [6, 6.07) is 1.71. The van der Waals surface area contributed by atoms with Crippen LogP contribution in [0.2, 0.25) is 0 Å². The molecule has 0 bridgehead atoms. The van der Waals surface area contributed by atoms with E-state index in [4.69, 9.17) is 0 Å². The highest BCUT2D eigenvalue weighted by Gasteiger charge is 2.29. The van der Waals surface area contributed by atoms with Crippen molar-refractivity contribution in [1.82, 2.24) is 29.5 Å². The maximum absolute atomic E-state index is 11.8. The van der Waals surface area contributed by atoms with E-state index in [2.05, 4.69) is 35.7 Å². The lowest BCUT2D eigenvalue weighted by Gasteiger charge is -2.06. The molecule has 9 nitrogen and oxygen atoms in total. The van der Waals surface area contributed by atoms with Crippen LogP contribution < -0.4 is 10.6 Å². The van der Waals surface area contributed by atoms with Crippen molar-refractivity contribution in [3.05, 3.63) is 36.2 Å². The smallest absolute Gasteiger partial charge is 0.252 e. The number of aromatic nitrogens is 6. The number of nitrogens with zero attached hydrogens (tertiary/aromatic N) is 6. The molecule has 0 atom stereocenters. The summed E-state index contributed by atoms with van der Waals surface area (Å²) < 4.78 is 1.73. The molecule has 0 radical (unpaired) electrons. The fraction of sp³-hybridized carbons (Fsp3) is 0.412. The predicted octanol–water partition coefficient (Wildman–Crippen LogP) is 1.87. The summed E-state index contributed by atoms with van der Waals surface area (Å²) >= 11 is 0. The van der Waals surface area contributed by atoms with Gasteiger partial charge in [-0.1, -0.05) is 0 Å². The Bertz CT molecular complexity index is 982. The Kier molecular flexibility index (Phi) is 4.65. The summed E-state index contributed by atoms with van der Waals surface area (Å²) in [4.78, 5) is 28.9. The van der Waals surface area contributed by atoms with Crippen LogP contribution in [0.25, 0.3) is 5.78 Å². The summed E-state index contributed by atoms with van der Waals surface area (Å²) in [5, 5.41) is 10.4. The van der Waals surface area contributed by atoms with Gasteiger partial charge in [0.2, 0.25) is 5.91 Å². The van der Waals surface area contributed by atoms with Crippen molar-refractivity contribution in [2.24, 2.45) is 5.92 Å². The molecule has 3 aromatic heterocycles. The van der Waals surface area contributed by atoms with E-state index in [1.54, 1.807) is 10.6 Å². The van der Waals surface area contributed by atoms with Crippen molar-refractivity contribution in [3.8, 4) is 0 Å². The zero-order chi connectivity index (χ0) is 17.5. The van der Waals surface area contributed by atoms with E-state index >= 15 is 0 Å².